The molecule has 1 heterocycles. The van der Waals surface area contributed by atoms with Crippen molar-refractivity contribution in [1.82, 2.24) is 5.32 Å². The first kappa shape index (κ1) is 13.4. The SMILES string of the molecule is COC(=O)[C@H](C)NC(=O)[C@@H]1CC[C@H](C(=O)O)O1. The molecule has 0 aliphatic carbocycles. The second-order valence-electron chi connectivity index (χ2n) is 3.78. The quantitative estimate of drug-likeness (QED) is 0.635. The van der Waals surface area contributed by atoms with Crippen molar-refractivity contribution < 1.29 is 29.0 Å². The third kappa shape index (κ3) is 3.42. The minimum absolute atomic E-state index is 0.292. The van der Waals surface area contributed by atoms with E-state index in [0.717, 1.165) is 0 Å². The van der Waals surface area contributed by atoms with Crippen LogP contribution in [0.1, 0.15) is 19.8 Å². The van der Waals surface area contributed by atoms with Gasteiger partial charge >= 0.3 is 11.9 Å². The number of carbonyl (C=O) groups is 3. The van der Waals surface area contributed by atoms with Gasteiger partial charge in [-0.3, -0.25) is 4.79 Å². The van der Waals surface area contributed by atoms with E-state index in [1.165, 1.54) is 14.0 Å². The Morgan fingerprint density at radius 1 is 1.35 bits per heavy atom. The van der Waals surface area contributed by atoms with Crippen LogP contribution in [0.5, 0.6) is 0 Å². The number of aliphatic carboxylic acids is 1. The third-order valence-electron chi connectivity index (χ3n) is 2.50. The molecule has 96 valence electrons. The maximum absolute atomic E-state index is 11.6. The molecule has 7 nitrogen and oxygen atoms in total. The highest BCUT2D eigenvalue weighted by Crippen LogP contribution is 2.20. The summed E-state index contributed by atoms with van der Waals surface area (Å²) in [6, 6.07) is -0.778. The van der Waals surface area contributed by atoms with Crippen LogP contribution in [-0.2, 0) is 23.9 Å². The molecule has 0 saturated carbocycles. The molecule has 1 saturated heterocycles. The van der Waals surface area contributed by atoms with Crippen molar-refractivity contribution in [3.05, 3.63) is 0 Å². The van der Waals surface area contributed by atoms with Gasteiger partial charge in [-0.05, 0) is 19.8 Å². The number of methoxy groups -OCH3 is 1. The van der Waals surface area contributed by atoms with Crippen LogP contribution >= 0.6 is 0 Å². The number of ether oxygens (including phenoxy) is 2. The van der Waals surface area contributed by atoms with Crippen molar-refractivity contribution in [2.45, 2.75) is 38.0 Å². The summed E-state index contributed by atoms with van der Waals surface area (Å²) in [7, 11) is 1.22. The summed E-state index contributed by atoms with van der Waals surface area (Å²) in [4.78, 5) is 33.3. The summed E-state index contributed by atoms with van der Waals surface area (Å²) in [5.41, 5.74) is 0. The van der Waals surface area contributed by atoms with Gasteiger partial charge in [-0.1, -0.05) is 0 Å². The Kier molecular flexibility index (Phi) is 4.45. The third-order valence-corrected chi connectivity index (χ3v) is 2.50. The minimum atomic E-state index is -1.08. The number of amides is 1. The van der Waals surface area contributed by atoms with Crippen LogP contribution < -0.4 is 5.32 Å². The highest BCUT2D eigenvalue weighted by atomic mass is 16.5. The lowest BCUT2D eigenvalue weighted by molar-refractivity contribution is -0.153. The smallest absolute Gasteiger partial charge is 0.332 e. The Labute approximate surface area is 98.1 Å². The molecular formula is C10H15NO6. The minimum Gasteiger partial charge on any atom is -0.479 e. The van der Waals surface area contributed by atoms with E-state index in [-0.39, 0.29) is 0 Å². The van der Waals surface area contributed by atoms with Crippen molar-refractivity contribution in [1.29, 1.82) is 0 Å². The van der Waals surface area contributed by atoms with Gasteiger partial charge in [-0.25, -0.2) is 9.59 Å². The van der Waals surface area contributed by atoms with E-state index in [0.29, 0.717) is 12.8 Å². The molecule has 1 amide bonds. The fraction of sp³-hybridized carbons (Fsp3) is 0.700. The Hall–Kier alpha value is -1.63. The number of carboxylic acids is 1. The first-order chi connectivity index (χ1) is 7.95. The van der Waals surface area contributed by atoms with Gasteiger partial charge in [0.25, 0.3) is 0 Å². The zero-order valence-corrected chi connectivity index (χ0v) is 9.63. The van der Waals surface area contributed by atoms with Crippen LogP contribution in [0.3, 0.4) is 0 Å². The van der Waals surface area contributed by atoms with E-state index in [2.05, 4.69) is 10.1 Å². The standard InChI is InChI=1S/C10H15NO6/c1-5(10(15)16-2)11-8(12)6-3-4-7(17-6)9(13)14/h5-7H,3-4H2,1-2H3,(H,11,12)(H,13,14)/t5-,6-,7+/m0/s1. The van der Waals surface area contributed by atoms with E-state index in [9.17, 15) is 14.4 Å². The number of hydrogen-bond donors (Lipinski definition) is 2. The van der Waals surface area contributed by atoms with E-state index in [4.69, 9.17) is 9.84 Å². The molecule has 0 aromatic heterocycles. The van der Waals surface area contributed by atoms with Crippen LogP contribution in [0.25, 0.3) is 0 Å². The molecule has 2 N–H and O–H groups in total. The summed E-state index contributed by atoms with van der Waals surface area (Å²) < 4.78 is 9.48. The zero-order chi connectivity index (χ0) is 13.0. The molecule has 3 atom stereocenters. The first-order valence-electron chi connectivity index (χ1n) is 5.22. The average Bonchev–Trinajstić information content (AvgIpc) is 2.77. The Morgan fingerprint density at radius 2 is 1.94 bits per heavy atom. The van der Waals surface area contributed by atoms with Gasteiger partial charge in [0.2, 0.25) is 5.91 Å². The zero-order valence-electron chi connectivity index (χ0n) is 9.63. The average molecular weight is 245 g/mol. The van der Waals surface area contributed by atoms with Gasteiger partial charge in [0, 0.05) is 0 Å². The molecule has 0 spiro atoms. The maximum atomic E-state index is 11.6. The molecule has 0 aromatic rings. The van der Waals surface area contributed by atoms with Gasteiger partial charge in [0.15, 0.2) is 6.10 Å². The number of nitrogens with one attached hydrogen (secondary N) is 1. The van der Waals surface area contributed by atoms with Gasteiger partial charge in [-0.15, -0.1) is 0 Å². The van der Waals surface area contributed by atoms with Crippen LogP contribution in [0.15, 0.2) is 0 Å². The van der Waals surface area contributed by atoms with Crippen molar-refractivity contribution >= 4 is 17.8 Å². The van der Waals surface area contributed by atoms with E-state index in [1.54, 1.807) is 0 Å². The van der Waals surface area contributed by atoms with Crippen LogP contribution in [-0.4, -0.2) is 48.3 Å². The first-order valence-corrected chi connectivity index (χ1v) is 5.22. The fourth-order valence-electron chi connectivity index (χ4n) is 1.55. The number of carbonyl (C=O) groups excluding carboxylic acids is 2. The lowest BCUT2D eigenvalue weighted by atomic mass is 10.2. The van der Waals surface area contributed by atoms with Gasteiger partial charge in [-0.2, -0.15) is 0 Å². The summed E-state index contributed by atoms with van der Waals surface area (Å²) in [5, 5.41) is 11.1. The second kappa shape index (κ2) is 5.62. The Balaban J connectivity index is 2.45. The molecule has 1 rings (SSSR count). The van der Waals surface area contributed by atoms with E-state index >= 15 is 0 Å². The second-order valence-corrected chi connectivity index (χ2v) is 3.78. The Morgan fingerprint density at radius 3 is 2.41 bits per heavy atom. The molecular weight excluding hydrogens is 230 g/mol. The lowest BCUT2D eigenvalue weighted by Gasteiger charge is -2.15. The van der Waals surface area contributed by atoms with Crippen molar-refractivity contribution in [3.63, 3.8) is 0 Å². The maximum Gasteiger partial charge on any atom is 0.332 e. The van der Waals surface area contributed by atoms with Crippen LogP contribution in [0.4, 0.5) is 0 Å². The van der Waals surface area contributed by atoms with Crippen LogP contribution in [0, 0.1) is 0 Å². The molecule has 17 heavy (non-hydrogen) atoms. The van der Waals surface area contributed by atoms with Crippen molar-refractivity contribution in [2.75, 3.05) is 7.11 Å². The summed E-state index contributed by atoms with van der Waals surface area (Å²) >= 11 is 0. The molecule has 1 aliphatic rings. The molecule has 0 aromatic carbocycles. The normalized spacial score (nSPS) is 25.1. The number of hydrogen-bond acceptors (Lipinski definition) is 5. The van der Waals surface area contributed by atoms with Gasteiger partial charge < -0.3 is 19.9 Å². The van der Waals surface area contributed by atoms with Gasteiger partial charge in [0.1, 0.15) is 12.1 Å². The summed E-state index contributed by atoms with van der Waals surface area (Å²) in [5.74, 6) is -2.14. The van der Waals surface area contributed by atoms with Crippen molar-refractivity contribution in [2.24, 2.45) is 0 Å². The summed E-state index contributed by atoms with van der Waals surface area (Å²) in [6.45, 7) is 1.48. The molecule has 7 heteroatoms. The predicted molar refractivity (Wildman–Crippen MR) is 55.2 cm³/mol. The highest BCUT2D eigenvalue weighted by molar-refractivity contribution is 5.87. The molecule has 1 fully saturated rings. The lowest BCUT2D eigenvalue weighted by Crippen LogP contribution is -2.44. The van der Waals surface area contributed by atoms with E-state index in [1.807, 2.05) is 0 Å². The fourth-order valence-corrected chi connectivity index (χ4v) is 1.55. The highest BCUT2D eigenvalue weighted by Gasteiger charge is 2.35. The summed E-state index contributed by atoms with van der Waals surface area (Å²) in [6.07, 6.45) is -1.14. The molecule has 0 radical (unpaired) electrons. The van der Waals surface area contributed by atoms with Crippen LogP contribution in [0.2, 0.25) is 0 Å². The largest absolute Gasteiger partial charge is 0.479 e. The predicted octanol–water partition coefficient (Wildman–Crippen LogP) is -0.704. The monoisotopic (exact) mass is 245 g/mol. The van der Waals surface area contributed by atoms with Gasteiger partial charge in [0.05, 0.1) is 7.11 Å². The van der Waals surface area contributed by atoms with E-state index < -0.39 is 36.1 Å². The number of esters is 1. The topological polar surface area (TPSA) is 102 Å². The Bertz CT molecular complexity index is 329. The number of rotatable bonds is 4. The molecule has 0 bridgehead atoms. The van der Waals surface area contributed by atoms with Crippen molar-refractivity contribution in [3.8, 4) is 0 Å². The number of carboxylic acid groups (broad SMARTS) is 1. The molecule has 1 aliphatic heterocycles. The molecule has 0 unspecified atom stereocenters.